The molecule has 11 heteroatoms. The summed E-state index contributed by atoms with van der Waals surface area (Å²) in [6.07, 6.45) is 3.03. The first-order chi connectivity index (χ1) is 20.0. The van der Waals surface area contributed by atoms with Crippen molar-refractivity contribution in [1.82, 2.24) is 15.0 Å². The first kappa shape index (κ1) is 30.8. The van der Waals surface area contributed by atoms with Crippen molar-refractivity contribution in [1.29, 1.82) is 0 Å². The van der Waals surface area contributed by atoms with Crippen molar-refractivity contribution in [2.24, 2.45) is 5.92 Å². The average Bonchev–Trinajstić information content (AvgIpc) is 3.22. The second-order valence-corrected chi connectivity index (χ2v) is 12.7. The number of carbonyl (C=O) groups is 2. The maximum atomic E-state index is 12.5. The summed E-state index contributed by atoms with van der Waals surface area (Å²) in [5, 5.41) is 4.29. The van der Waals surface area contributed by atoms with Crippen LogP contribution in [0.5, 0.6) is 0 Å². The number of hydroxylamine groups is 1. The van der Waals surface area contributed by atoms with E-state index in [4.69, 9.17) is 9.82 Å². The lowest BCUT2D eigenvalue weighted by Gasteiger charge is -2.30. The molecule has 1 unspecified atom stereocenters. The van der Waals surface area contributed by atoms with Crippen LogP contribution in [0, 0.1) is 26.7 Å². The zero-order chi connectivity index (χ0) is 30.4. The number of aryl methyl sites for hydroxylation is 3. The van der Waals surface area contributed by atoms with Crippen LogP contribution in [0.1, 0.15) is 55.5 Å². The standard InChI is InChI=1S/C31H39N5O5S/c1-21(2)7-6-8-28-35(30-29(36(28)41-20-37)23(4)19-24(5)33-30)26-13-11-25(12-14-26)17-18-32-31(38)34-42(39,40)27-15-9-22(3)10-16-27/h9-16,19-21,28H,6-8,17-18H2,1-5H3,(H2,32,34,38). The number of nitrogens with zero attached hydrogens (tertiary/aromatic N) is 3. The zero-order valence-electron chi connectivity index (χ0n) is 24.8. The molecular formula is C31H39N5O5S. The Balaban J connectivity index is 1.46. The van der Waals surface area contributed by atoms with E-state index in [2.05, 4.69) is 28.8 Å². The van der Waals surface area contributed by atoms with E-state index in [0.29, 0.717) is 18.8 Å². The highest BCUT2D eigenvalue weighted by atomic mass is 32.2. The largest absolute Gasteiger partial charge is 0.342 e. The topological polar surface area (TPSA) is 121 Å². The minimum atomic E-state index is -3.95. The van der Waals surface area contributed by atoms with Gasteiger partial charge in [0.1, 0.15) is 11.9 Å². The molecule has 1 aromatic heterocycles. The van der Waals surface area contributed by atoms with E-state index in [9.17, 15) is 18.0 Å². The fourth-order valence-electron chi connectivity index (χ4n) is 5.14. The lowest BCUT2D eigenvalue weighted by Crippen LogP contribution is -2.41. The van der Waals surface area contributed by atoms with E-state index in [1.54, 1.807) is 17.2 Å². The van der Waals surface area contributed by atoms with Crippen molar-refractivity contribution in [2.45, 2.75) is 71.4 Å². The average molecular weight is 594 g/mol. The lowest BCUT2D eigenvalue weighted by atomic mass is 10.0. The number of hydrogen-bond acceptors (Lipinski definition) is 8. The van der Waals surface area contributed by atoms with Crippen molar-refractivity contribution < 1.29 is 22.8 Å². The second kappa shape index (κ2) is 13.2. The molecule has 0 aliphatic carbocycles. The first-order valence-electron chi connectivity index (χ1n) is 14.1. The molecule has 0 radical (unpaired) electrons. The number of pyridine rings is 1. The lowest BCUT2D eigenvalue weighted by molar-refractivity contribution is -0.130. The number of carbonyl (C=O) groups excluding carboxylic acids is 2. The highest BCUT2D eigenvalue weighted by Gasteiger charge is 2.41. The molecular weight excluding hydrogens is 554 g/mol. The van der Waals surface area contributed by atoms with Crippen LogP contribution < -0.4 is 20.0 Å². The Kier molecular flexibility index (Phi) is 9.72. The number of amides is 2. The van der Waals surface area contributed by atoms with E-state index < -0.39 is 16.1 Å². The van der Waals surface area contributed by atoms with E-state index >= 15 is 0 Å². The van der Waals surface area contributed by atoms with Gasteiger partial charge in [-0.1, -0.05) is 50.1 Å². The zero-order valence-corrected chi connectivity index (χ0v) is 25.6. The maximum absolute atomic E-state index is 12.5. The smallest absolute Gasteiger partial charge is 0.328 e. The molecule has 1 aliphatic heterocycles. The van der Waals surface area contributed by atoms with Gasteiger partial charge in [-0.15, -0.1) is 0 Å². The van der Waals surface area contributed by atoms with Gasteiger partial charge in [-0.25, -0.2) is 22.9 Å². The van der Waals surface area contributed by atoms with Crippen LogP contribution >= 0.6 is 0 Å². The van der Waals surface area contributed by atoms with Gasteiger partial charge in [-0.2, -0.15) is 5.06 Å². The van der Waals surface area contributed by atoms with Crippen LogP contribution in [-0.2, 0) is 26.1 Å². The van der Waals surface area contributed by atoms with Gasteiger partial charge < -0.3 is 15.1 Å². The monoisotopic (exact) mass is 593 g/mol. The van der Waals surface area contributed by atoms with Crippen molar-refractivity contribution in [3.8, 4) is 0 Å². The minimum Gasteiger partial charge on any atom is -0.342 e. The molecule has 0 bridgehead atoms. The molecule has 10 nitrogen and oxygen atoms in total. The third-order valence-electron chi connectivity index (χ3n) is 7.18. The molecule has 2 amide bonds. The SMILES string of the molecule is Cc1ccc(S(=O)(=O)NC(=O)NCCc2ccc(N3c4nc(C)cc(C)c4N(OC=O)C3CCCC(C)C)cc2)cc1. The Hall–Kier alpha value is -4.12. The predicted octanol–water partition coefficient (Wildman–Crippen LogP) is 5.44. The van der Waals surface area contributed by atoms with Crippen molar-refractivity contribution in [3.63, 3.8) is 0 Å². The van der Waals surface area contributed by atoms with Gasteiger partial charge in [-0.05, 0) is 87.4 Å². The Morgan fingerprint density at radius 2 is 1.76 bits per heavy atom. The number of fused-ring (bicyclic) bond motifs is 1. The first-order valence-corrected chi connectivity index (χ1v) is 15.6. The summed E-state index contributed by atoms with van der Waals surface area (Å²) in [7, 11) is -3.95. The summed E-state index contributed by atoms with van der Waals surface area (Å²) < 4.78 is 27.0. The molecule has 0 saturated carbocycles. The normalized spacial score (nSPS) is 14.6. The van der Waals surface area contributed by atoms with Gasteiger partial charge in [0, 0.05) is 17.9 Å². The predicted molar refractivity (Wildman–Crippen MR) is 163 cm³/mol. The molecule has 2 aromatic carbocycles. The summed E-state index contributed by atoms with van der Waals surface area (Å²) in [5.74, 6) is 1.30. The molecule has 2 N–H and O–H groups in total. The van der Waals surface area contributed by atoms with Gasteiger partial charge in [0.15, 0.2) is 5.82 Å². The van der Waals surface area contributed by atoms with Crippen molar-refractivity contribution >= 4 is 39.7 Å². The van der Waals surface area contributed by atoms with Crippen molar-refractivity contribution in [3.05, 3.63) is 77.0 Å². The Labute approximate surface area is 248 Å². The molecule has 0 fully saturated rings. The minimum absolute atomic E-state index is 0.0295. The molecule has 42 heavy (non-hydrogen) atoms. The molecule has 224 valence electrons. The maximum Gasteiger partial charge on any atom is 0.328 e. The fraction of sp³-hybridized carbons (Fsp3) is 0.387. The second-order valence-electron chi connectivity index (χ2n) is 11.0. The molecule has 1 aliphatic rings. The summed E-state index contributed by atoms with van der Waals surface area (Å²) >= 11 is 0. The summed E-state index contributed by atoms with van der Waals surface area (Å²) in [6.45, 7) is 10.9. The van der Waals surface area contributed by atoms with Crippen LogP contribution in [0.2, 0.25) is 0 Å². The third kappa shape index (κ3) is 7.20. The van der Waals surface area contributed by atoms with Crippen LogP contribution in [0.3, 0.4) is 0 Å². The summed E-state index contributed by atoms with van der Waals surface area (Å²) in [5.41, 5.74) is 5.41. The number of sulfonamides is 1. The number of anilines is 3. The fourth-order valence-corrected chi connectivity index (χ4v) is 6.07. The molecule has 2 heterocycles. The van der Waals surface area contributed by atoms with Gasteiger partial charge in [0.2, 0.25) is 0 Å². The van der Waals surface area contributed by atoms with E-state index in [0.717, 1.165) is 58.8 Å². The Bertz CT molecular complexity index is 1510. The summed E-state index contributed by atoms with van der Waals surface area (Å²) in [4.78, 5) is 36.3. The molecule has 3 aromatic rings. The highest BCUT2D eigenvalue weighted by molar-refractivity contribution is 7.90. The molecule has 1 atom stereocenters. The number of aromatic nitrogens is 1. The van der Waals surface area contributed by atoms with Crippen LogP contribution in [0.4, 0.5) is 22.0 Å². The quantitative estimate of drug-likeness (QED) is 0.267. The van der Waals surface area contributed by atoms with E-state index in [1.807, 2.05) is 51.1 Å². The van der Waals surface area contributed by atoms with E-state index in [-0.39, 0.29) is 17.6 Å². The molecule has 0 spiro atoms. The van der Waals surface area contributed by atoms with Gasteiger partial charge in [0.05, 0.1) is 4.90 Å². The highest BCUT2D eigenvalue weighted by Crippen LogP contribution is 2.46. The van der Waals surface area contributed by atoms with Crippen LogP contribution in [-0.4, -0.2) is 38.6 Å². The third-order valence-corrected chi connectivity index (χ3v) is 8.53. The van der Waals surface area contributed by atoms with Crippen LogP contribution in [0.25, 0.3) is 0 Å². The number of hydrogen-bond donors (Lipinski definition) is 2. The summed E-state index contributed by atoms with van der Waals surface area (Å²) in [6, 6.07) is 15.4. The number of benzene rings is 2. The molecule has 4 rings (SSSR count). The number of nitrogens with one attached hydrogen (secondary N) is 2. The van der Waals surface area contributed by atoms with E-state index in [1.165, 1.54) is 12.1 Å². The molecule has 0 saturated heterocycles. The van der Waals surface area contributed by atoms with Gasteiger partial charge in [0.25, 0.3) is 10.0 Å². The Morgan fingerprint density at radius 3 is 2.40 bits per heavy atom. The number of urea groups is 1. The number of rotatable bonds is 12. The van der Waals surface area contributed by atoms with Gasteiger partial charge in [-0.3, -0.25) is 4.79 Å². The van der Waals surface area contributed by atoms with Crippen LogP contribution in [0.15, 0.2) is 59.5 Å². The van der Waals surface area contributed by atoms with Gasteiger partial charge >= 0.3 is 12.5 Å². The van der Waals surface area contributed by atoms with Crippen molar-refractivity contribution in [2.75, 3.05) is 16.5 Å². The Morgan fingerprint density at radius 1 is 1.07 bits per heavy atom.